The van der Waals surface area contributed by atoms with Crippen molar-refractivity contribution in [1.82, 2.24) is 10.3 Å². The number of hydrogen-bond acceptors (Lipinski definition) is 5. The number of thiazole rings is 1. The zero-order chi connectivity index (χ0) is 16.3. The van der Waals surface area contributed by atoms with E-state index >= 15 is 0 Å². The van der Waals surface area contributed by atoms with Crippen molar-refractivity contribution in [1.29, 1.82) is 0 Å². The number of hydrogen-bond donors (Lipinski definition) is 3. The molecule has 8 heteroatoms. The highest BCUT2D eigenvalue weighted by atomic mass is 32.1. The Balaban J connectivity index is 2.20. The van der Waals surface area contributed by atoms with E-state index < -0.39 is 36.3 Å². The molecule has 0 saturated carbocycles. The Morgan fingerprint density at radius 2 is 2.00 bits per heavy atom. The standard InChI is InChI=1S/C14H14F2N2O3S/c1-14(6-19,7-20)18-12(21)11-5-22-13(17-11)8-2-3-9(15)10(16)4-8/h2-5,19-20H,6-7H2,1H3,(H,18,21). The van der Waals surface area contributed by atoms with Gasteiger partial charge >= 0.3 is 0 Å². The number of carbonyl (C=O) groups excluding carboxylic acids is 1. The van der Waals surface area contributed by atoms with Gasteiger partial charge in [-0.15, -0.1) is 11.3 Å². The van der Waals surface area contributed by atoms with Crippen LogP contribution in [0.1, 0.15) is 17.4 Å². The lowest BCUT2D eigenvalue weighted by atomic mass is 10.1. The number of benzene rings is 1. The summed E-state index contributed by atoms with van der Waals surface area (Å²) < 4.78 is 26.1. The van der Waals surface area contributed by atoms with Crippen LogP contribution >= 0.6 is 11.3 Å². The van der Waals surface area contributed by atoms with Gasteiger partial charge in [0.25, 0.3) is 5.91 Å². The molecule has 0 fully saturated rings. The number of nitrogens with zero attached hydrogens (tertiary/aromatic N) is 1. The number of carbonyl (C=O) groups is 1. The molecule has 0 radical (unpaired) electrons. The number of aromatic nitrogens is 1. The third-order valence-corrected chi connectivity index (χ3v) is 3.91. The van der Waals surface area contributed by atoms with Crippen LogP contribution < -0.4 is 5.32 Å². The summed E-state index contributed by atoms with van der Waals surface area (Å²) in [6.45, 7) is 0.609. The zero-order valence-corrected chi connectivity index (χ0v) is 12.5. The van der Waals surface area contributed by atoms with Gasteiger partial charge in [0.1, 0.15) is 10.7 Å². The minimum absolute atomic E-state index is 0.0675. The Kier molecular flexibility index (Phi) is 4.84. The molecule has 5 nitrogen and oxygen atoms in total. The Morgan fingerprint density at radius 3 is 2.59 bits per heavy atom. The van der Waals surface area contributed by atoms with Crippen molar-refractivity contribution in [2.45, 2.75) is 12.5 Å². The molecule has 1 amide bonds. The zero-order valence-electron chi connectivity index (χ0n) is 11.6. The molecular formula is C14H14F2N2O3S. The maximum Gasteiger partial charge on any atom is 0.271 e. The minimum Gasteiger partial charge on any atom is -0.394 e. The molecule has 2 aromatic rings. The molecule has 0 atom stereocenters. The first-order valence-corrected chi connectivity index (χ1v) is 7.22. The van der Waals surface area contributed by atoms with E-state index in [-0.39, 0.29) is 5.69 Å². The van der Waals surface area contributed by atoms with E-state index in [9.17, 15) is 13.6 Å². The molecule has 0 aliphatic carbocycles. The van der Waals surface area contributed by atoms with E-state index in [4.69, 9.17) is 10.2 Å². The lowest BCUT2D eigenvalue weighted by Crippen LogP contribution is -2.51. The van der Waals surface area contributed by atoms with Crippen molar-refractivity contribution in [3.05, 3.63) is 40.9 Å². The van der Waals surface area contributed by atoms with Crippen LogP contribution in [0.25, 0.3) is 10.6 Å². The van der Waals surface area contributed by atoms with Crippen LogP contribution in [0.5, 0.6) is 0 Å². The average Bonchev–Trinajstić information content (AvgIpc) is 3.00. The number of nitrogens with one attached hydrogen (secondary N) is 1. The van der Waals surface area contributed by atoms with E-state index in [2.05, 4.69) is 10.3 Å². The summed E-state index contributed by atoms with van der Waals surface area (Å²) >= 11 is 1.10. The number of rotatable bonds is 5. The van der Waals surface area contributed by atoms with Gasteiger partial charge in [0.15, 0.2) is 11.6 Å². The second-order valence-electron chi connectivity index (χ2n) is 5.00. The monoisotopic (exact) mass is 328 g/mol. The van der Waals surface area contributed by atoms with Gasteiger partial charge in [-0.2, -0.15) is 0 Å². The Morgan fingerprint density at radius 1 is 1.32 bits per heavy atom. The summed E-state index contributed by atoms with van der Waals surface area (Å²) in [5.74, 6) is -2.53. The van der Waals surface area contributed by atoms with E-state index in [0.717, 1.165) is 23.5 Å². The van der Waals surface area contributed by atoms with E-state index in [1.165, 1.54) is 18.4 Å². The molecule has 3 N–H and O–H groups in total. The van der Waals surface area contributed by atoms with E-state index in [1.54, 1.807) is 0 Å². The normalized spacial score (nSPS) is 11.5. The highest BCUT2D eigenvalue weighted by Gasteiger charge is 2.26. The highest BCUT2D eigenvalue weighted by Crippen LogP contribution is 2.25. The van der Waals surface area contributed by atoms with Crippen molar-refractivity contribution >= 4 is 17.2 Å². The van der Waals surface area contributed by atoms with Crippen molar-refractivity contribution in [3.63, 3.8) is 0 Å². The summed E-state index contributed by atoms with van der Waals surface area (Å²) in [6, 6.07) is 3.35. The fraction of sp³-hybridized carbons (Fsp3) is 0.286. The van der Waals surface area contributed by atoms with Gasteiger partial charge in [0.05, 0.1) is 18.8 Å². The molecule has 0 unspecified atom stereocenters. The molecule has 0 saturated heterocycles. The van der Waals surface area contributed by atoms with Crippen LogP contribution in [0.15, 0.2) is 23.6 Å². The van der Waals surface area contributed by atoms with Gasteiger partial charge in [-0.3, -0.25) is 4.79 Å². The fourth-order valence-corrected chi connectivity index (χ4v) is 2.40. The first-order valence-electron chi connectivity index (χ1n) is 6.34. The lowest BCUT2D eigenvalue weighted by molar-refractivity contribution is 0.0720. The topological polar surface area (TPSA) is 82.5 Å². The number of halogens is 2. The van der Waals surface area contributed by atoms with Gasteiger partial charge in [-0.1, -0.05) is 0 Å². The molecule has 1 aromatic heterocycles. The number of amides is 1. The quantitative estimate of drug-likeness (QED) is 0.778. The summed E-state index contributed by atoms with van der Waals surface area (Å²) in [4.78, 5) is 16.1. The summed E-state index contributed by atoms with van der Waals surface area (Å²) in [7, 11) is 0. The van der Waals surface area contributed by atoms with Crippen LogP contribution in [0, 0.1) is 11.6 Å². The maximum atomic E-state index is 13.2. The Labute approximate surface area is 129 Å². The number of aliphatic hydroxyl groups is 2. The molecule has 1 aromatic carbocycles. The van der Waals surface area contributed by atoms with Crippen molar-refractivity contribution in [2.75, 3.05) is 13.2 Å². The molecule has 118 valence electrons. The Hall–Kier alpha value is -1.90. The predicted molar refractivity (Wildman–Crippen MR) is 77.5 cm³/mol. The van der Waals surface area contributed by atoms with Crippen LogP contribution in [-0.2, 0) is 0 Å². The minimum atomic E-state index is -1.16. The van der Waals surface area contributed by atoms with Gasteiger partial charge in [-0.05, 0) is 25.1 Å². The third kappa shape index (κ3) is 3.46. The SMILES string of the molecule is CC(CO)(CO)NC(=O)c1csc(-c2ccc(F)c(F)c2)n1. The van der Waals surface area contributed by atoms with Crippen molar-refractivity contribution in [3.8, 4) is 10.6 Å². The van der Waals surface area contributed by atoms with Gasteiger partial charge in [0, 0.05) is 10.9 Å². The highest BCUT2D eigenvalue weighted by molar-refractivity contribution is 7.13. The molecule has 0 aliphatic rings. The lowest BCUT2D eigenvalue weighted by Gasteiger charge is -2.25. The Bertz CT molecular complexity index is 686. The molecule has 1 heterocycles. The molecule has 22 heavy (non-hydrogen) atoms. The van der Waals surface area contributed by atoms with Gasteiger partial charge < -0.3 is 15.5 Å². The predicted octanol–water partition coefficient (Wildman–Crippen LogP) is 1.56. The first kappa shape index (κ1) is 16.5. The third-order valence-electron chi connectivity index (χ3n) is 3.02. The molecule has 0 bridgehead atoms. The van der Waals surface area contributed by atoms with E-state index in [1.807, 2.05) is 0 Å². The maximum absolute atomic E-state index is 13.2. The summed E-state index contributed by atoms with van der Waals surface area (Å²) in [6.07, 6.45) is 0. The molecule has 2 rings (SSSR count). The smallest absolute Gasteiger partial charge is 0.271 e. The average molecular weight is 328 g/mol. The van der Waals surface area contributed by atoms with Crippen LogP contribution in [0.3, 0.4) is 0 Å². The van der Waals surface area contributed by atoms with Crippen molar-refractivity contribution in [2.24, 2.45) is 0 Å². The molecule has 0 spiro atoms. The van der Waals surface area contributed by atoms with Crippen LogP contribution in [0.2, 0.25) is 0 Å². The first-order chi connectivity index (χ1) is 10.4. The van der Waals surface area contributed by atoms with E-state index in [0.29, 0.717) is 10.6 Å². The molecular weight excluding hydrogens is 314 g/mol. The van der Waals surface area contributed by atoms with Crippen molar-refractivity contribution < 1.29 is 23.8 Å². The fourth-order valence-electron chi connectivity index (χ4n) is 1.61. The van der Waals surface area contributed by atoms with Gasteiger partial charge in [0.2, 0.25) is 0 Å². The second kappa shape index (κ2) is 6.47. The second-order valence-corrected chi connectivity index (χ2v) is 5.86. The number of aliphatic hydroxyl groups excluding tert-OH is 2. The summed E-state index contributed by atoms with van der Waals surface area (Å²) in [5.41, 5.74) is -0.740. The van der Waals surface area contributed by atoms with Crippen LogP contribution in [0.4, 0.5) is 8.78 Å². The van der Waals surface area contributed by atoms with Crippen LogP contribution in [-0.4, -0.2) is 39.9 Å². The molecule has 0 aliphatic heterocycles. The largest absolute Gasteiger partial charge is 0.394 e. The summed E-state index contributed by atoms with van der Waals surface area (Å²) in [5, 5.41) is 22.6. The van der Waals surface area contributed by atoms with Gasteiger partial charge in [-0.25, -0.2) is 13.8 Å².